The van der Waals surface area contributed by atoms with E-state index in [9.17, 15) is 21.6 Å². The summed E-state index contributed by atoms with van der Waals surface area (Å²) in [5, 5.41) is 0.403. The minimum Gasteiger partial charge on any atom is -0.238 e. The molecule has 0 atom stereocenters. The SMILES string of the molecule is O=S(=O)(n1cccc1-c1ccc(Cl)cc1)C(F)(F)F. The molecular formula is C11H7ClF3NO2S. The van der Waals surface area contributed by atoms with Gasteiger partial charge in [0.15, 0.2) is 0 Å². The van der Waals surface area contributed by atoms with Crippen LogP contribution in [0.5, 0.6) is 0 Å². The zero-order valence-corrected chi connectivity index (χ0v) is 10.8. The van der Waals surface area contributed by atoms with E-state index in [0.29, 0.717) is 10.6 Å². The molecule has 2 aromatic rings. The predicted octanol–water partition coefficient (Wildman–Crippen LogP) is 3.51. The molecule has 0 spiro atoms. The lowest BCUT2D eigenvalue weighted by Gasteiger charge is -2.12. The van der Waals surface area contributed by atoms with Gasteiger partial charge >= 0.3 is 15.5 Å². The summed E-state index contributed by atoms with van der Waals surface area (Å²) in [6, 6.07) is 8.34. The maximum Gasteiger partial charge on any atom is 0.517 e. The molecule has 0 aliphatic carbocycles. The van der Waals surface area contributed by atoms with Crippen LogP contribution in [0.3, 0.4) is 0 Å². The fourth-order valence-corrected chi connectivity index (χ4v) is 2.54. The molecule has 8 heteroatoms. The van der Waals surface area contributed by atoms with Crippen molar-refractivity contribution in [3.8, 4) is 11.3 Å². The monoisotopic (exact) mass is 309 g/mol. The largest absolute Gasteiger partial charge is 0.517 e. The second-order valence-corrected chi connectivity index (χ2v) is 5.89. The molecule has 0 saturated heterocycles. The number of alkyl halides is 3. The van der Waals surface area contributed by atoms with Gasteiger partial charge in [-0.1, -0.05) is 23.7 Å². The molecule has 0 saturated carbocycles. The smallest absolute Gasteiger partial charge is 0.238 e. The molecule has 0 bridgehead atoms. The van der Waals surface area contributed by atoms with E-state index in [4.69, 9.17) is 11.6 Å². The summed E-state index contributed by atoms with van der Waals surface area (Å²) in [6.45, 7) is 0. The fraction of sp³-hybridized carbons (Fsp3) is 0.0909. The van der Waals surface area contributed by atoms with Crippen LogP contribution in [0.1, 0.15) is 0 Å². The standard InChI is InChI=1S/C11H7ClF3NO2S/c12-9-5-3-8(4-6-9)10-2-1-7-16(10)19(17,18)11(13,14)15/h1-7H. The molecule has 0 N–H and O–H groups in total. The molecule has 1 aromatic carbocycles. The Morgan fingerprint density at radius 3 is 2.16 bits per heavy atom. The first-order valence-electron chi connectivity index (χ1n) is 4.98. The minimum absolute atomic E-state index is 0.0750. The average Bonchev–Trinajstić information content (AvgIpc) is 2.78. The second kappa shape index (κ2) is 4.57. The Morgan fingerprint density at radius 2 is 1.63 bits per heavy atom. The highest BCUT2D eigenvalue weighted by molar-refractivity contribution is 7.90. The normalized spacial score (nSPS) is 12.6. The third-order valence-electron chi connectivity index (χ3n) is 2.40. The van der Waals surface area contributed by atoms with Crippen molar-refractivity contribution in [2.45, 2.75) is 5.51 Å². The van der Waals surface area contributed by atoms with Crippen molar-refractivity contribution < 1.29 is 21.6 Å². The molecule has 102 valence electrons. The van der Waals surface area contributed by atoms with Crippen LogP contribution in [-0.2, 0) is 10.0 Å². The van der Waals surface area contributed by atoms with Crippen molar-refractivity contribution in [1.29, 1.82) is 0 Å². The van der Waals surface area contributed by atoms with Crippen LogP contribution in [0.4, 0.5) is 13.2 Å². The number of nitrogens with zero attached hydrogens (tertiary/aromatic N) is 1. The van der Waals surface area contributed by atoms with Gasteiger partial charge in [0.1, 0.15) is 0 Å². The molecule has 1 aromatic heterocycles. The summed E-state index contributed by atoms with van der Waals surface area (Å²) in [4.78, 5) is 0. The molecule has 0 aliphatic heterocycles. The molecular weight excluding hydrogens is 303 g/mol. The zero-order chi connectivity index (χ0) is 14.3. The third-order valence-corrected chi connectivity index (χ3v) is 4.08. The van der Waals surface area contributed by atoms with Crippen LogP contribution in [0.25, 0.3) is 11.3 Å². The lowest BCUT2D eigenvalue weighted by Crippen LogP contribution is -2.29. The van der Waals surface area contributed by atoms with Gasteiger partial charge in [0.25, 0.3) is 0 Å². The second-order valence-electron chi connectivity index (χ2n) is 3.65. The highest BCUT2D eigenvalue weighted by Gasteiger charge is 2.47. The van der Waals surface area contributed by atoms with Gasteiger partial charge in [0, 0.05) is 11.2 Å². The number of halogens is 4. The average molecular weight is 310 g/mol. The van der Waals surface area contributed by atoms with Crippen molar-refractivity contribution in [3.05, 3.63) is 47.6 Å². The van der Waals surface area contributed by atoms with Gasteiger partial charge in [-0.3, -0.25) is 0 Å². The van der Waals surface area contributed by atoms with Crippen molar-refractivity contribution in [3.63, 3.8) is 0 Å². The lowest BCUT2D eigenvalue weighted by atomic mass is 10.2. The number of hydrogen-bond acceptors (Lipinski definition) is 2. The first kappa shape index (κ1) is 14.0. The quantitative estimate of drug-likeness (QED) is 0.851. The number of rotatable bonds is 2. The zero-order valence-electron chi connectivity index (χ0n) is 9.23. The molecule has 2 rings (SSSR count). The van der Waals surface area contributed by atoms with Crippen molar-refractivity contribution in [1.82, 2.24) is 3.97 Å². The van der Waals surface area contributed by atoms with E-state index in [-0.39, 0.29) is 9.67 Å². The van der Waals surface area contributed by atoms with E-state index >= 15 is 0 Å². The first-order chi connectivity index (χ1) is 8.73. The Hall–Kier alpha value is -1.47. The van der Waals surface area contributed by atoms with Gasteiger partial charge in [-0.2, -0.15) is 21.6 Å². The van der Waals surface area contributed by atoms with Gasteiger partial charge in [0.2, 0.25) is 0 Å². The van der Waals surface area contributed by atoms with Gasteiger partial charge in [0.05, 0.1) is 5.69 Å². The summed E-state index contributed by atoms with van der Waals surface area (Å²) in [6.07, 6.45) is 0.854. The summed E-state index contributed by atoms with van der Waals surface area (Å²) in [5.41, 5.74) is -5.11. The van der Waals surface area contributed by atoms with Gasteiger partial charge in [-0.05, 0) is 29.8 Å². The molecule has 0 amide bonds. The van der Waals surface area contributed by atoms with Crippen LogP contribution in [-0.4, -0.2) is 17.9 Å². The first-order valence-corrected chi connectivity index (χ1v) is 6.80. The highest BCUT2D eigenvalue weighted by Crippen LogP contribution is 2.30. The van der Waals surface area contributed by atoms with Gasteiger partial charge < -0.3 is 0 Å². The summed E-state index contributed by atoms with van der Waals surface area (Å²) in [5.74, 6) is 0. The van der Waals surface area contributed by atoms with Gasteiger partial charge in [-0.25, -0.2) is 3.97 Å². The van der Waals surface area contributed by atoms with Crippen LogP contribution >= 0.6 is 11.6 Å². The van der Waals surface area contributed by atoms with E-state index in [0.717, 1.165) is 6.20 Å². The van der Waals surface area contributed by atoms with E-state index < -0.39 is 15.5 Å². The molecule has 19 heavy (non-hydrogen) atoms. The number of aromatic nitrogens is 1. The van der Waals surface area contributed by atoms with Crippen LogP contribution in [0, 0.1) is 0 Å². The van der Waals surface area contributed by atoms with E-state index in [1.165, 1.54) is 36.4 Å². The fourth-order valence-electron chi connectivity index (χ4n) is 1.53. The summed E-state index contributed by atoms with van der Waals surface area (Å²) in [7, 11) is -5.44. The van der Waals surface area contributed by atoms with Crippen molar-refractivity contribution >= 4 is 21.6 Å². The topological polar surface area (TPSA) is 39.1 Å². The van der Waals surface area contributed by atoms with Crippen molar-refractivity contribution in [2.24, 2.45) is 0 Å². The Bertz CT molecular complexity index is 689. The third kappa shape index (κ3) is 2.48. The molecule has 0 fully saturated rings. The lowest BCUT2D eigenvalue weighted by molar-refractivity contribution is -0.0445. The Balaban J connectivity index is 2.59. The maximum absolute atomic E-state index is 12.5. The highest BCUT2D eigenvalue weighted by atomic mass is 35.5. The van der Waals surface area contributed by atoms with E-state index in [1.54, 1.807) is 0 Å². The number of benzene rings is 1. The van der Waals surface area contributed by atoms with Crippen LogP contribution < -0.4 is 0 Å². The van der Waals surface area contributed by atoms with Gasteiger partial charge in [-0.15, -0.1) is 0 Å². The van der Waals surface area contributed by atoms with E-state index in [1.807, 2.05) is 0 Å². The summed E-state index contributed by atoms with van der Waals surface area (Å²) >= 11 is 5.67. The molecule has 3 nitrogen and oxygen atoms in total. The Morgan fingerprint density at radius 1 is 1.05 bits per heavy atom. The van der Waals surface area contributed by atoms with E-state index in [2.05, 4.69) is 0 Å². The number of hydrogen-bond donors (Lipinski definition) is 0. The molecule has 0 radical (unpaired) electrons. The minimum atomic E-state index is -5.44. The molecule has 1 heterocycles. The molecule has 0 unspecified atom stereocenters. The van der Waals surface area contributed by atoms with Crippen LogP contribution in [0.2, 0.25) is 5.02 Å². The Kier molecular flexibility index (Phi) is 3.36. The maximum atomic E-state index is 12.5. The predicted molar refractivity (Wildman–Crippen MR) is 65.3 cm³/mol. The summed E-state index contributed by atoms with van der Waals surface area (Å²) < 4.78 is 60.6. The Labute approximate surface area is 112 Å². The molecule has 0 aliphatic rings. The van der Waals surface area contributed by atoms with Crippen LogP contribution in [0.15, 0.2) is 42.6 Å². The van der Waals surface area contributed by atoms with Crippen molar-refractivity contribution in [2.75, 3.05) is 0 Å².